The Morgan fingerprint density at radius 1 is 1.30 bits per heavy atom. The predicted octanol–water partition coefficient (Wildman–Crippen LogP) is 3.43. The van der Waals surface area contributed by atoms with Gasteiger partial charge in [-0.1, -0.05) is 0 Å². The Morgan fingerprint density at radius 3 is 2.45 bits per heavy atom. The Labute approximate surface area is 128 Å². The zero-order valence-electron chi connectivity index (χ0n) is 12.5. The number of carbonyl (C=O) groups excluding carboxylic acids is 1. The molecule has 1 amide bonds. The van der Waals surface area contributed by atoms with Gasteiger partial charge in [0.25, 0.3) is 0 Å². The molecule has 0 aliphatic rings. The highest BCUT2D eigenvalue weighted by molar-refractivity contribution is 9.10. The van der Waals surface area contributed by atoms with Crippen LogP contribution in [0.15, 0.2) is 16.9 Å². The van der Waals surface area contributed by atoms with Gasteiger partial charge in [0, 0.05) is 32.4 Å². The molecule has 0 fully saturated rings. The van der Waals surface area contributed by atoms with Crippen LogP contribution in [0.4, 0.5) is 4.79 Å². The minimum atomic E-state index is -0.448. The van der Waals surface area contributed by atoms with E-state index in [0.29, 0.717) is 6.54 Å². The summed E-state index contributed by atoms with van der Waals surface area (Å²) >= 11 is 3.30. The van der Waals surface area contributed by atoms with Crippen LogP contribution in [0.2, 0.25) is 0 Å². The molecule has 6 heteroatoms. The second-order valence-electron chi connectivity index (χ2n) is 5.68. The summed E-state index contributed by atoms with van der Waals surface area (Å²) in [6.45, 7) is 6.27. The van der Waals surface area contributed by atoms with Crippen molar-refractivity contribution in [3.63, 3.8) is 0 Å². The van der Waals surface area contributed by atoms with E-state index in [2.05, 4.69) is 25.9 Å². The van der Waals surface area contributed by atoms with Gasteiger partial charge in [-0.3, -0.25) is 0 Å². The molecule has 0 bridgehead atoms. The van der Waals surface area contributed by atoms with Crippen molar-refractivity contribution >= 4 is 22.0 Å². The molecule has 112 valence electrons. The first-order valence-corrected chi connectivity index (χ1v) is 7.48. The molecule has 5 nitrogen and oxygen atoms in total. The van der Waals surface area contributed by atoms with E-state index in [1.165, 1.54) is 0 Å². The summed E-state index contributed by atoms with van der Waals surface area (Å²) in [5.74, 6) is 0.827. The van der Waals surface area contributed by atoms with Crippen molar-refractivity contribution in [3.05, 3.63) is 22.7 Å². The van der Waals surface area contributed by atoms with Gasteiger partial charge in [-0.2, -0.15) is 0 Å². The summed E-state index contributed by atoms with van der Waals surface area (Å²) in [5, 5.41) is 0. The van der Waals surface area contributed by atoms with E-state index in [1.807, 2.05) is 20.8 Å². The fraction of sp³-hybridized carbons (Fsp3) is 0.643. The minimum absolute atomic E-state index is 0.280. The van der Waals surface area contributed by atoms with Crippen LogP contribution in [0.1, 0.15) is 39.4 Å². The SMILES string of the molecule is CN(CCCCc1ncc(Br)cn1)C(=O)OC(C)(C)C. The van der Waals surface area contributed by atoms with Crippen LogP contribution in [0.25, 0.3) is 0 Å². The molecular formula is C14H22BrN3O2. The van der Waals surface area contributed by atoms with E-state index < -0.39 is 5.60 Å². The van der Waals surface area contributed by atoms with Crippen LogP contribution in [0.5, 0.6) is 0 Å². The first-order valence-electron chi connectivity index (χ1n) is 6.68. The number of rotatable bonds is 5. The fourth-order valence-electron chi connectivity index (χ4n) is 1.53. The van der Waals surface area contributed by atoms with Gasteiger partial charge in [-0.05, 0) is 49.5 Å². The lowest BCUT2D eigenvalue weighted by Gasteiger charge is -2.24. The number of ether oxygens (including phenoxy) is 1. The zero-order valence-corrected chi connectivity index (χ0v) is 14.1. The Balaban J connectivity index is 2.23. The minimum Gasteiger partial charge on any atom is -0.444 e. The highest BCUT2D eigenvalue weighted by Crippen LogP contribution is 2.10. The van der Waals surface area contributed by atoms with Crippen LogP contribution in [0.3, 0.4) is 0 Å². The number of halogens is 1. The topological polar surface area (TPSA) is 55.3 Å². The maximum atomic E-state index is 11.7. The molecule has 1 heterocycles. The molecule has 1 rings (SSSR count). The number of nitrogens with zero attached hydrogens (tertiary/aromatic N) is 3. The summed E-state index contributed by atoms with van der Waals surface area (Å²) in [6.07, 6.45) is 5.86. The van der Waals surface area contributed by atoms with E-state index in [0.717, 1.165) is 29.6 Å². The van der Waals surface area contributed by atoms with Crippen molar-refractivity contribution in [2.45, 2.75) is 45.6 Å². The molecule has 0 atom stereocenters. The Hall–Kier alpha value is -1.17. The van der Waals surface area contributed by atoms with Gasteiger partial charge in [-0.25, -0.2) is 14.8 Å². The highest BCUT2D eigenvalue weighted by atomic mass is 79.9. The Kier molecular flexibility index (Phi) is 6.39. The third-order valence-electron chi connectivity index (χ3n) is 2.52. The predicted molar refractivity (Wildman–Crippen MR) is 81.5 cm³/mol. The molecule has 0 unspecified atom stereocenters. The number of aromatic nitrogens is 2. The van der Waals surface area contributed by atoms with Crippen LogP contribution in [-0.2, 0) is 11.2 Å². The molecule has 1 aromatic rings. The molecule has 0 aromatic carbocycles. The molecule has 1 aromatic heterocycles. The molecule has 0 aliphatic heterocycles. The summed E-state index contributed by atoms with van der Waals surface area (Å²) in [6, 6.07) is 0. The second kappa shape index (κ2) is 7.57. The average Bonchev–Trinajstić information content (AvgIpc) is 2.34. The lowest BCUT2D eigenvalue weighted by Crippen LogP contribution is -2.34. The molecular weight excluding hydrogens is 322 g/mol. The van der Waals surface area contributed by atoms with Crippen molar-refractivity contribution < 1.29 is 9.53 Å². The van der Waals surface area contributed by atoms with Gasteiger partial charge in [-0.15, -0.1) is 0 Å². The summed E-state index contributed by atoms with van der Waals surface area (Å²) in [5.41, 5.74) is -0.448. The maximum Gasteiger partial charge on any atom is 0.410 e. The van der Waals surface area contributed by atoms with Gasteiger partial charge in [0.05, 0.1) is 4.47 Å². The summed E-state index contributed by atoms with van der Waals surface area (Å²) < 4.78 is 6.17. The van der Waals surface area contributed by atoms with Crippen LogP contribution in [-0.4, -0.2) is 40.2 Å². The third kappa shape index (κ3) is 6.84. The number of aryl methyl sites for hydroxylation is 1. The van der Waals surface area contributed by atoms with Crippen LogP contribution >= 0.6 is 15.9 Å². The molecule has 0 saturated carbocycles. The zero-order chi connectivity index (χ0) is 15.2. The summed E-state index contributed by atoms with van der Waals surface area (Å²) in [4.78, 5) is 21.8. The first kappa shape index (κ1) is 16.9. The quantitative estimate of drug-likeness (QED) is 0.768. The maximum absolute atomic E-state index is 11.7. The van der Waals surface area contributed by atoms with Gasteiger partial charge in [0.15, 0.2) is 0 Å². The molecule has 20 heavy (non-hydrogen) atoms. The Morgan fingerprint density at radius 2 is 1.90 bits per heavy atom. The van der Waals surface area contributed by atoms with Crippen molar-refractivity contribution in [1.82, 2.24) is 14.9 Å². The van der Waals surface area contributed by atoms with Crippen LogP contribution in [0, 0.1) is 0 Å². The number of carbonyl (C=O) groups is 1. The molecule has 0 radical (unpaired) electrons. The van der Waals surface area contributed by atoms with Crippen molar-refractivity contribution in [2.24, 2.45) is 0 Å². The fourth-order valence-corrected chi connectivity index (χ4v) is 1.74. The van der Waals surface area contributed by atoms with E-state index in [9.17, 15) is 4.79 Å². The highest BCUT2D eigenvalue weighted by Gasteiger charge is 2.18. The van der Waals surface area contributed by atoms with E-state index in [4.69, 9.17) is 4.74 Å². The molecule has 0 N–H and O–H groups in total. The Bertz CT molecular complexity index is 429. The molecule has 0 spiro atoms. The second-order valence-corrected chi connectivity index (χ2v) is 6.59. The largest absolute Gasteiger partial charge is 0.444 e. The molecule has 0 aliphatic carbocycles. The van der Waals surface area contributed by atoms with E-state index in [1.54, 1.807) is 24.3 Å². The summed E-state index contributed by atoms with van der Waals surface area (Å²) in [7, 11) is 1.75. The van der Waals surface area contributed by atoms with Crippen molar-refractivity contribution in [3.8, 4) is 0 Å². The van der Waals surface area contributed by atoms with Gasteiger partial charge in [0.2, 0.25) is 0 Å². The van der Waals surface area contributed by atoms with Gasteiger partial charge >= 0.3 is 6.09 Å². The number of amides is 1. The average molecular weight is 344 g/mol. The van der Waals surface area contributed by atoms with Gasteiger partial charge < -0.3 is 9.64 Å². The lowest BCUT2D eigenvalue weighted by molar-refractivity contribution is 0.0296. The number of unbranched alkanes of at least 4 members (excludes halogenated alkanes) is 1. The molecule has 0 saturated heterocycles. The number of hydrogen-bond acceptors (Lipinski definition) is 4. The first-order chi connectivity index (χ1) is 9.28. The monoisotopic (exact) mass is 343 g/mol. The normalized spacial score (nSPS) is 11.2. The van der Waals surface area contributed by atoms with E-state index >= 15 is 0 Å². The smallest absolute Gasteiger partial charge is 0.410 e. The number of hydrogen-bond donors (Lipinski definition) is 0. The van der Waals surface area contributed by atoms with Crippen LogP contribution < -0.4 is 0 Å². The van der Waals surface area contributed by atoms with E-state index in [-0.39, 0.29) is 6.09 Å². The van der Waals surface area contributed by atoms with Crippen molar-refractivity contribution in [2.75, 3.05) is 13.6 Å². The van der Waals surface area contributed by atoms with Gasteiger partial charge in [0.1, 0.15) is 11.4 Å². The third-order valence-corrected chi connectivity index (χ3v) is 2.93. The standard InChI is InChI=1S/C14H22BrN3O2/c1-14(2,3)20-13(19)18(4)8-6-5-7-12-16-9-11(15)10-17-12/h9-10H,5-8H2,1-4H3. The lowest BCUT2D eigenvalue weighted by atomic mass is 10.2. The van der Waals surface area contributed by atoms with Crippen molar-refractivity contribution in [1.29, 1.82) is 0 Å².